The number of pyridine rings is 1. The van der Waals surface area contributed by atoms with Gasteiger partial charge in [0.05, 0.1) is 6.04 Å². The van der Waals surface area contributed by atoms with E-state index >= 15 is 0 Å². The van der Waals surface area contributed by atoms with Crippen molar-refractivity contribution in [2.24, 2.45) is 0 Å². The minimum atomic E-state index is -0.541. The lowest BCUT2D eigenvalue weighted by molar-refractivity contribution is -0.120. The van der Waals surface area contributed by atoms with E-state index in [2.05, 4.69) is 10.3 Å². The van der Waals surface area contributed by atoms with E-state index in [1.165, 1.54) is 18.2 Å². The first-order valence-corrected chi connectivity index (χ1v) is 5.07. The van der Waals surface area contributed by atoms with Gasteiger partial charge in [-0.3, -0.25) is 14.4 Å². The van der Waals surface area contributed by atoms with Crippen LogP contribution in [0.15, 0.2) is 23.0 Å². The summed E-state index contributed by atoms with van der Waals surface area (Å²) < 4.78 is 0. The van der Waals surface area contributed by atoms with E-state index in [1.54, 1.807) is 13.8 Å². The van der Waals surface area contributed by atoms with Crippen LogP contribution in [-0.2, 0) is 4.79 Å². The van der Waals surface area contributed by atoms with Crippen molar-refractivity contribution in [1.29, 1.82) is 0 Å². The number of H-pyrrole nitrogens is 1. The molecule has 0 aliphatic heterocycles. The molecule has 5 heteroatoms. The number of nitrogens with one attached hydrogen (secondary N) is 2. The topological polar surface area (TPSA) is 79.0 Å². The number of ketones is 1. The summed E-state index contributed by atoms with van der Waals surface area (Å²) in [5.74, 6) is -0.501. The molecule has 0 saturated carbocycles. The van der Waals surface area contributed by atoms with Crippen molar-refractivity contribution in [3.05, 3.63) is 34.2 Å². The molecule has 0 aliphatic rings. The monoisotopic (exact) mass is 222 g/mol. The zero-order valence-corrected chi connectivity index (χ0v) is 9.24. The van der Waals surface area contributed by atoms with Gasteiger partial charge in [-0.15, -0.1) is 0 Å². The molecule has 1 unspecified atom stereocenters. The van der Waals surface area contributed by atoms with Crippen LogP contribution < -0.4 is 10.9 Å². The van der Waals surface area contributed by atoms with Crippen LogP contribution >= 0.6 is 0 Å². The van der Waals surface area contributed by atoms with Crippen molar-refractivity contribution in [2.45, 2.75) is 26.3 Å². The largest absolute Gasteiger partial charge is 0.341 e. The van der Waals surface area contributed by atoms with Gasteiger partial charge in [0.15, 0.2) is 5.78 Å². The smallest absolute Gasteiger partial charge is 0.268 e. The molecule has 0 saturated heterocycles. The summed E-state index contributed by atoms with van der Waals surface area (Å²) in [5, 5.41) is 2.52. The van der Waals surface area contributed by atoms with Crippen LogP contribution in [-0.4, -0.2) is 22.7 Å². The molecule has 0 bridgehead atoms. The Morgan fingerprint density at radius 2 is 2.12 bits per heavy atom. The Morgan fingerprint density at radius 3 is 2.69 bits per heavy atom. The Balaban J connectivity index is 2.73. The minimum absolute atomic E-state index is 0.0494. The van der Waals surface area contributed by atoms with E-state index in [9.17, 15) is 14.4 Å². The van der Waals surface area contributed by atoms with E-state index in [0.717, 1.165) is 0 Å². The fraction of sp³-hybridized carbons (Fsp3) is 0.364. The molecule has 0 aromatic carbocycles. The number of aromatic nitrogens is 1. The normalized spacial score (nSPS) is 11.9. The summed E-state index contributed by atoms with van der Waals surface area (Å²) in [5.41, 5.74) is -0.189. The Morgan fingerprint density at radius 1 is 1.44 bits per heavy atom. The van der Waals surface area contributed by atoms with Gasteiger partial charge in [0.2, 0.25) is 5.56 Å². The van der Waals surface area contributed by atoms with Gasteiger partial charge in [-0.25, -0.2) is 0 Å². The van der Waals surface area contributed by atoms with Gasteiger partial charge in [0.1, 0.15) is 5.69 Å². The second-order valence-corrected chi connectivity index (χ2v) is 3.44. The molecule has 1 aromatic heterocycles. The van der Waals surface area contributed by atoms with Crippen LogP contribution in [0.1, 0.15) is 30.8 Å². The van der Waals surface area contributed by atoms with Crippen molar-refractivity contribution in [3.63, 3.8) is 0 Å². The van der Waals surface area contributed by atoms with Gasteiger partial charge in [0.25, 0.3) is 5.91 Å². The lowest BCUT2D eigenvalue weighted by atomic mass is 10.1. The molecule has 1 heterocycles. The van der Waals surface area contributed by atoms with E-state index in [0.29, 0.717) is 6.42 Å². The predicted molar refractivity (Wildman–Crippen MR) is 59.3 cm³/mol. The first-order chi connectivity index (χ1) is 7.54. The molecule has 1 aromatic rings. The van der Waals surface area contributed by atoms with Crippen LogP contribution in [0.25, 0.3) is 0 Å². The third-order valence-electron chi connectivity index (χ3n) is 2.19. The molecule has 2 N–H and O–H groups in total. The zero-order chi connectivity index (χ0) is 12.1. The van der Waals surface area contributed by atoms with Crippen molar-refractivity contribution < 1.29 is 9.59 Å². The van der Waals surface area contributed by atoms with Crippen LogP contribution in [0.4, 0.5) is 0 Å². The average Bonchev–Trinajstić information content (AvgIpc) is 2.27. The van der Waals surface area contributed by atoms with E-state index in [1.807, 2.05) is 0 Å². The Hall–Kier alpha value is -1.91. The van der Waals surface area contributed by atoms with Gasteiger partial charge in [-0.05, 0) is 13.0 Å². The van der Waals surface area contributed by atoms with E-state index < -0.39 is 11.9 Å². The highest BCUT2D eigenvalue weighted by atomic mass is 16.2. The van der Waals surface area contributed by atoms with Gasteiger partial charge in [0, 0.05) is 12.5 Å². The van der Waals surface area contributed by atoms with Crippen molar-refractivity contribution in [3.8, 4) is 0 Å². The van der Waals surface area contributed by atoms with Crippen LogP contribution in [0.2, 0.25) is 0 Å². The number of aromatic amines is 1. The number of hydrogen-bond acceptors (Lipinski definition) is 3. The highest BCUT2D eigenvalue weighted by molar-refractivity contribution is 5.96. The Bertz CT molecular complexity index is 451. The second kappa shape index (κ2) is 5.25. The van der Waals surface area contributed by atoms with Crippen LogP contribution in [0, 0.1) is 0 Å². The van der Waals surface area contributed by atoms with Crippen LogP contribution in [0.5, 0.6) is 0 Å². The predicted octanol–water partition coefficient (Wildman–Crippen LogP) is 0.472. The molecule has 0 aliphatic carbocycles. The van der Waals surface area contributed by atoms with E-state index in [-0.39, 0.29) is 17.0 Å². The summed E-state index contributed by atoms with van der Waals surface area (Å²) in [6.45, 7) is 3.35. The van der Waals surface area contributed by atoms with Gasteiger partial charge >= 0.3 is 0 Å². The van der Waals surface area contributed by atoms with Crippen LogP contribution in [0.3, 0.4) is 0 Å². The molecule has 86 valence electrons. The summed E-state index contributed by atoms with van der Waals surface area (Å²) in [6, 6.07) is 3.75. The van der Waals surface area contributed by atoms with Crippen molar-refractivity contribution >= 4 is 11.7 Å². The maximum absolute atomic E-state index is 11.6. The van der Waals surface area contributed by atoms with Gasteiger partial charge < -0.3 is 10.3 Å². The number of amides is 1. The lowest BCUT2D eigenvalue weighted by Crippen LogP contribution is -2.39. The number of hydrogen-bond donors (Lipinski definition) is 2. The number of Topliss-reactive ketones (excluding diaryl/α,β-unsaturated/α-hetero) is 1. The molecule has 0 fully saturated rings. The highest BCUT2D eigenvalue weighted by Crippen LogP contribution is 1.94. The molecule has 1 rings (SSSR count). The molecular formula is C11H14N2O3. The SMILES string of the molecule is CCC(=O)C(C)NC(=O)c1cccc(=O)[nH]1. The summed E-state index contributed by atoms with van der Waals surface area (Å²) in [6.07, 6.45) is 0.368. The minimum Gasteiger partial charge on any atom is -0.341 e. The fourth-order valence-electron chi connectivity index (χ4n) is 1.24. The zero-order valence-electron chi connectivity index (χ0n) is 9.24. The molecule has 16 heavy (non-hydrogen) atoms. The highest BCUT2D eigenvalue weighted by Gasteiger charge is 2.14. The molecule has 0 spiro atoms. The number of carbonyl (C=O) groups excluding carboxylic acids is 2. The third kappa shape index (κ3) is 3.05. The molecule has 5 nitrogen and oxygen atoms in total. The second-order valence-electron chi connectivity index (χ2n) is 3.44. The first-order valence-electron chi connectivity index (χ1n) is 5.07. The Kier molecular flexibility index (Phi) is 3.99. The maximum atomic E-state index is 11.6. The standard InChI is InChI=1S/C11H14N2O3/c1-3-9(14)7(2)12-11(16)8-5-4-6-10(15)13-8/h4-7H,3H2,1-2H3,(H,12,16)(H,13,15). The maximum Gasteiger partial charge on any atom is 0.268 e. The summed E-state index contributed by atoms with van der Waals surface area (Å²) in [7, 11) is 0. The number of carbonyl (C=O) groups is 2. The average molecular weight is 222 g/mol. The fourth-order valence-corrected chi connectivity index (χ4v) is 1.24. The number of rotatable bonds is 4. The van der Waals surface area contributed by atoms with E-state index in [4.69, 9.17) is 0 Å². The summed E-state index contributed by atoms with van der Waals surface area (Å²) in [4.78, 5) is 36.2. The lowest BCUT2D eigenvalue weighted by Gasteiger charge is -2.11. The molecular weight excluding hydrogens is 208 g/mol. The molecule has 1 atom stereocenters. The quantitative estimate of drug-likeness (QED) is 0.777. The van der Waals surface area contributed by atoms with Crippen molar-refractivity contribution in [1.82, 2.24) is 10.3 Å². The molecule has 0 radical (unpaired) electrons. The van der Waals surface area contributed by atoms with Gasteiger partial charge in [-0.2, -0.15) is 0 Å². The third-order valence-corrected chi connectivity index (χ3v) is 2.19. The van der Waals surface area contributed by atoms with Gasteiger partial charge in [-0.1, -0.05) is 13.0 Å². The molecule has 1 amide bonds. The first kappa shape index (κ1) is 12.2. The van der Waals surface area contributed by atoms with Crippen molar-refractivity contribution in [2.75, 3.05) is 0 Å². The summed E-state index contributed by atoms with van der Waals surface area (Å²) >= 11 is 0. The Labute approximate surface area is 92.9 Å².